The summed E-state index contributed by atoms with van der Waals surface area (Å²) in [4.78, 5) is 0. The Morgan fingerprint density at radius 1 is 1.00 bits per heavy atom. The van der Waals surface area contributed by atoms with Gasteiger partial charge >= 0.3 is 0 Å². The Balaban J connectivity index is 2.04. The van der Waals surface area contributed by atoms with Gasteiger partial charge in [-0.3, -0.25) is 0 Å². The van der Waals surface area contributed by atoms with Crippen LogP contribution in [0, 0.1) is 6.92 Å². The number of aromatic hydroxyl groups is 1. The second kappa shape index (κ2) is 5.56. The monoisotopic (exact) mass is 286 g/mol. The largest absolute Gasteiger partial charge is 0.504 e. The summed E-state index contributed by atoms with van der Waals surface area (Å²) < 4.78 is 16.6. The maximum Gasteiger partial charge on any atom is 0.161 e. The Labute approximate surface area is 123 Å². The summed E-state index contributed by atoms with van der Waals surface area (Å²) in [6.07, 6.45) is 0.885. The van der Waals surface area contributed by atoms with E-state index in [2.05, 4.69) is 0 Å². The molecule has 0 saturated heterocycles. The highest BCUT2D eigenvalue weighted by molar-refractivity contribution is 5.71. The highest BCUT2D eigenvalue weighted by Gasteiger charge is 2.13. The van der Waals surface area contributed by atoms with Crippen molar-refractivity contribution in [3.05, 3.63) is 35.9 Å². The number of ether oxygens (including phenoxy) is 3. The van der Waals surface area contributed by atoms with Gasteiger partial charge in [-0.05, 0) is 47.9 Å². The summed E-state index contributed by atoms with van der Waals surface area (Å²) in [7, 11) is 1.55. The number of phenolic OH excluding ortho intramolecular Hbond substituents is 1. The molecule has 4 nitrogen and oxygen atoms in total. The van der Waals surface area contributed by atoms with Crippen molar-refractivity contribution in [3.8, 4) is 34.1 Å². The van der Waals surface area contributed by atoms with Crippen molar-refractivity contribution in [1.82, 2.24) is 0 Å². The topological polar surface area (TPSA) is 47.9 Å². The summed E-state index contributed by atoms with van der Waals surface area (Å²) in [6, 6.07) is 9.62. The molecule has 0 fully saturated rings. The van der Waals surface area contributed by atoms with Crippen LogP contribution in [0.15, 0.2) is 30.3 Å². The van der Waals surface area contributed by atoms with Crippen LogP contribution in [0.1, 0.15) is 12.0 Å². The maximum atomic E-state index is 9.93. The first-order valence-electron chi connectivity index (χ1n) is 6.96. The Hall–Kier alpha value is -2.36. The first-order chi connectivity index (χ1) is 10.2. The molecule has 0 unspecified atom stereocenters. The van der Waals surface area contributed by atoms with Crippen LogP contribution in [-0.2, 0) is 0 Å². The fraction of sp³-hybridized carbons (Fsp3) is 0.294. The van der Waals surface area contributed by atoms with Gasteiger partial charge < -0.3 is 19.3 Å². The molecule has 0 amide bonds. The molecule has 0 aliphatic carbocycles. The molecular formula is C17H18O4. The van der Waals surface area contributed by atoms with E-state index in [9.17, 15) is 5.11 Å². The van der Waals surface area contributed by atoms with E-state index in [1.165, 1.54) is 0 Å². The SMILES string of the molecule is COc1cc(-c2ccc3c(c2)OCCCO3)cc(C)c1O. The molecule has 2 aromatic rings. The van der Waals surface area contributed by atoms with Crippen molar-refractivity contribution in [2.75, 3.05) is 20.3 Å². The first kappa shape index (κ1) is 13.6. The third-order valence-corrected chi connectivity index (χ3v) is 3.57. The van der Waals surface area contributed by atoms with Gasteiger partial charge in [0.25, 0.3) is 0 Å². The van der Waals surface area contributed by atoms with Gasteiger partial charge in [0.1, 0.15) is 0 Å². The van der Waals surface area contributed by atoms with Crippen molar-refractivity contribution >= 4 is 0 Å². The van der Waals surface area contributed by atoms with Gasteiger partial charge in [0.15, 0.2) is 23.0 Å². The van der Waals surface area contributed by atoms with Crippen LogP contribution in [0.2, 0.25) is 0 Å². The van der Waals surface area contributed by atoms with Crippen molar-refractivity contribution in [2.45, 2.75) is 13.3 Å². The van der Waals surface area contributed by atoms with E-state index < -0.39 is 0 Å². The first-order valence-corrected chi connectivity index (χ1v) is 6.96. The third-order valence-electron chi connectivity index (χ3n) is 3.57. The molecule has 21 heavy (non-hydrogen) atoms. The number of hydrogen-bond donors (Lipinski definition) is 1. The second-order valence-corrected chi connectivity index (χ2v) is 5.06. The molecule has 0 radical (unpaired) electrons. The van der Waals surface area contributed by atoms with Crippen LogP contribution in [0.25, 0.3) is 11.1 Å². The molecule has 0 bridgehead atoms. The van der Waals surface area contributed by atoms with Crippen molar-refractivity contribution in [2.24, 2.45) is 0 Å². The van der Waals surface area contributed by atoms with Crippen LogP contribution in [0.5, 0.6) is 23.0 Å². The number of methoxy groups -OCH3 is 1. The minimum absolute atomic E-state index is 0.176. The van der Waals surface area contributed by atoms with Gasteiger partial charge in [-0.2, -0.15) is 0 Å². The minimum Gasteiger partial charge on any atom is -0.504 e. The van der Waals surface area contributed by atoms with E-state index in [0.717, 1.165) is 34.6 Å². The lowest BCUT2D eigenvalue weighted by Gasteiger charge is -2.12. The molecule has 0 atom stereocenters. The lowest BCUT2D eigenvalue weighted by molar-refractivity contribution is 0.297. The highest BCUT2D eigenvalue weighted by atomic mass is 16.5. The maximum absolute atomic E-state index is 9.93. The van der Waals surface area contributed by atoms with E-state index in [1.54, 1.807) is 7.11 Å². The van der Waals surface area contributed by atoms with Crippen LogP contribution in [-0.4, -0.2) is 25.4 Å². The normalized spacial score (nSPS) is 13.6. The van der Waals surface area contributed by atoms with Crippen LogP contribution in [0.4, 0.5) is 0 Å². The van der Waals surface area contributed by atoms with Gasteiger partial charge in [-0.1, -0.05) is 6.07 Å². The predicted octanol–water partition coefficient (Wildman–Crippen LogP) is 3.54. The average Bonchev–Trinajstić information content (AvgIpc) is 2.74. The number of benzene rings is 2. The van der Waals surface area contributed by atoms with Crippen LogP contribution in [0.3, 0.4) is 0 Å². The fourth-order valence-corrected chi connectivity index (χ4v) is 2.41. The lowest BCUT2D eigenvalue weighted by atomic mass is 10.0. The van der Waals surface area contributed by atoms with Crippen LogP contribution < -0.4 is 14.2 Å². The van der Waals surface area contributed by atoms with E-state index >= 15 is 0 Å². The average molecular weight is 286 g/mol. The van der Waals surface area contributed by atoms with Gasteiger partial charge in [0.05, 0.1) is 20.3 Å². The van der Waals surface area contributed by atoms with E-state index in [1.807, 2.05) is 37.3 Å². The van der Waals surface area contributed by atoms with Gasteiger partial charge in [-0.25, -0.2) is 0 Å². The summed E-state index contributed by atoms with van der Waals surface area (Å²) in [5.74, 6) is 2.18. The smallest absolute Gasteiger partial charge is 0.161 e. The predicted molar refractivity (Wildman–Crippen MR) is 80.4 cm³/mol. The number of rotatable bonds is 2. The molecule has 1 heterocycles. The quantitative estimate of drug-likeness (QED) is 0.917. The minimum atomic E-state index is 0.176. The number of fused-ring (bicyclic) bond motifs is 1. The number of hydrogen-bond acceptors (Lipinski definition) is 4. The van der Waals surface area contributed by atoms with Crippen molar-refractivity contribution < 1.29 is 19.3 Å². The lowest BCUT2D eigenvalue weighted by Crippen LogP contribution is -1.97. The highest BCUT2D eigenvalue weighted by Crippen LogP contribution is 2.38. The molecule has 4 heteroatoms. The molecule has 1 N–H and O–H groups in total. The number of phenols is 1. The fourth-order valence-electron chi connectivity index (χ4n) is 2.41. The third kappa shape index (κ3) is 2.61. The van der Waals surface area contributed by atoms with Crippen molar-refractivity contribution in [1.29, 1.82) is 0 Å². The standard InChI is InChI=1S/C17H18O4/c1-11-8-13(10-16(19-2)17(11)18)12-4-5-14-15(9-12)21-7-3-6-20-14/h4-5,8-10,18H,3,6-7H2,1-2H3. The summed E-state index contributed by atoms with van der Waals surface area (Å²) in [6.45, 7) is 3.19. The van der Waals surface area contributed by atoms with Crippen LogP contribution >= 0.6 is 0 Å². The molecule has 1 aliphatic heterocycles. The molecular weight excluding hydrogens is 268 g/mol. The van der Waals surface area contributed by atoms with E-state index in [-0.39, 0.29) is 5.75 Å². The van der Waals surface area contributed by atoms with Gasteiger partial charge in [0, 0.05) is 6.42 Å². The second-order valence-electron chi connectivity index (χ2n) is 5.06. The molecule has 1 aliphatic rings. The van der Waals surface area contributed by atoms with Crippen molar-refractivity contribution in [3.63, 3.8) is 0 Å². The van der Waals surface area contributed by atoms with E-state index in [4.69, 9.17) is 14.2 Å². The summed E-state index contributed by atoms with van der Waals surface area (Å²) >= 11 is 0. The molecule has 0 spiro atoms. The van der Waals surface area contributed by atoms with E-state index in [0.29, 0.717) is 19.0 Å². The molecule has 0 saturated carbocycles. The summed E-state index contributed by atoms with van der Waals surface area (Å²) in [5, 5.41) is 9.93. The number of aryl methyl sites for hydroxylation is 1. The van der Waals surface area contributed by atoms with Gasteiger partial charge in [0.2, 0.25) is 0 Å². The zero-order valence-corrected chi connectivity index (χ0v) is 12.2. The molecule has 110 valence electrons. The Morgan fingerprint density at radius 3 is 2.52 bits per heavy atom. The Bertz CT molecular complexity index is 664. The zero-order chi connectivity index (χ0) is 14.8. The summed E-state index contributed by atoms with van der Waals surface area (Å²) in [5.41, 5.74) is 2.75. The Morgan fingerprint density at radius 2 is 1.76 bits per heavy atom. The Kier molecular flexibility index (Phi) is 3.60. The zero-order valence-electron chi connectivity index (χ0n) is 12.2. The molecule has 2 aromatic carbocycles. The van der Waals surface area contributed by atoms with Gasteiger partial charge in [-0.15, -0.1) is 0 Å². The molecule has 3 rings (SSSR count). The molecule has 0 aromatic heterocycles.